The lowest BCUT2D eigenvalue weighted by atomic mass is 10.1. The molecular formula is C8H16N2. The highest BCUT2D eigenvalue weighted by atomic mass is 14.8. The number of hydrogen-bond donors (Lipinski definition) is 1. The van der Waals surface area contributed by atoms with E-state index in [0.29, 0.717) is 0 Å². The second-order valence-electron chi connectivity index (χ2n) is 3.06. The third kappa shape index (κ3) is 5.52. The minimum atomic E-state index is 0.278. The Labute approximate surface area is 62.9 Å². The molecule has 1 atom stereocenters. The lowest BCUT2D eigenvalue weighted by Crippen LogP contribution is -1.99. The van der Waals surface area contributed by atoms with Gasteiger partial charge in [0.2, 0.25) is 0 Å². The average molecular weight is 140 g/mol. The maximum Gasteiger partial charge on any atom is 0.0864 e. The zero-order valence-corrected chi connectivity index (χ0v) is 7.02. The van der Waals surface area contributed by atoms with Crippen molar-refractivity contribution in [2.75, 3.05) is 0 Å². The molecule has 1 unspecified atom stereocenters. The van der Waals surface area contributed by atoms with E-state index in [0.717, 1.165) is 12.3 Å². The van der Waals surface area contributed by atoms with Gasteiger partial charge in [-0.3, -0.25) is 0 Å². The van der Waals surface area contributed by atoms with Gasteiger partial charge < -0.3 is 0 Å². The van der Waals surface area contributed by atoms with Crippen LogP contribution < -0.4 is 0 Å². The molecule has 0 heterocycles. The summed E-state index contributed by atoms with van der Waals surface area (Å²) in [6.07, 6.45) is 2.26. The van der Waals surface area contributed by atoms with E-state index in [1.165, 1.54) is 6.42 Å². The summed E-state index contributed by atoms with van der Waals surface area (Å²) in [5, 5.41) is 6.60. The molecule has 0 saturated carbocycles. The number of aliphatic imine (C=N–C) groups is 1. The van der Waals surface area contributed by atoms with Gasteiger partial charge in [0.1, 0.15) is 0 Å². The highest BCUT2D eigenvalue weighted by Crippen LogP contribution is 2.07. The van der Waals surface area contributed by atoms with Gasteiger partial charge in [-0.15, -0.1) is 0 Å². The van der Waals surface area contributed by atoms with E-state index < -0.39 is 0 Å². The molecule has 0 aliphatic heterocycles. The quantitative estimate of drug-likeness (QED) is 0.583. The van der Waals surface area contributed by atoms with Gasteiger partial charge in [0, 0.05) is 0 Å². The Morgan fingerprint density at radius 3 is 2.30 bits per heavy atom. The third-order valence-electron chi connectivity index (χ3n) is 1.45. The molecule has 0 amide bonds. The molecule has 1 N–H and O–H groups in total. The van der Waals surface area contributed by atoms with Gasteiger partial charge in [0.15, 0.2) is 0 Å². The van der Waals surface area contributed by atoms with Gasteiger partial charge in [-0.2, -0.15) is 0 Å². The minimum absolute atomic E-state index is 0.278. The fourth-order valence-corrected chi connectivity index (χ4v) is 0.749. The van der Waals surface area contributed by atoms with E-state index in [2.05, 4.69) is 24.8 Å². The zero-order chi connectivity index (χ0) is 7.98. The van der Waals surface area contributed by atoms with Crippen LogP contribution in [0, 0.1) is 11.3 Å². The zero-order valence-electron chi connectivity index (χ0n) is 7.02. The third-order valence-corrected chi connectivity index (χ3v) is 1.45. The summed E-state index contributed by atoms with van der Waals surface area (Å²) < 4.78 is 0. The number of nitrogens with one attached hydrogen (secondary N) is 1. The number of nitrogens with zero attached hydrogens (tertiary/aromatic N) is 1. The average Bonchev–Trinajstić information content (AvgIpc) is 1.85. The molecule has 0 fully saturated rings. The van der Waals surface area contributed by atoms with Crippen molar-refractivity contribution in [3.05, 3.63) is 0 Å². The molecule has 0 bridgehead atoms. The van der Waals surface area contributed by atoms with Crippen molar-refractivity contribution in [1.29, 1.82) is 5.41 Å². The van der Waals surface area contributed by atoms with Crippen molar-refractivity contribution in [2.24, 2.45) is 10.9 Å². The molecule has 10 heavy (non-hydrogen) atoms. The highest BCUT2D eigenvalue weighted by molar-refractivity contribution is 5.36. The van der Waals surface area contributed by atoms with Crippen LogP contribution in [-0.2, 0) is 0 Å². The van der Waals surface area contributed by atoms with Crippen LogP contribution in [-0.4, -0.2) is 12.1 Å². The van der Waals surface area contributed by atoms with Crippen LogP contribution in [0.15, 0.2) is 4.99 Å². The molecule has 0 aromatic rings. The normalized spacial score (nSPS) is 12.8. The maximum atomic E-state index is 6.60. The van der Waals surface area contributed by atoms with Crippen LogP contribution in [0.25, 0.3) is 0 Å². The summed E-state index contributed by atoms with van der Waals surface area (Å²) in [5.41, 5.74) is 0. The second-order valence-corrected chi connectivity index (χ2v) is 3.06. The van der Waals surface area contributed by atoms with E-state index in [9.17, 15) is 0 Å². The summed E-state index contributed by atoms with van der Waals surface area (Å²) in [5.74, 6) is 0.739. The van der Waals surface area contributed by atoms with Crippen molar-refractivity contribution in [2.45, 2.75) is 39.7 Å². The Kier molecular flexibility index (Phi) is 4.87. The van der Waals surface area contributed by atoms with Gasteiger partial charge in [-0.1, -0.05) is 13.8 Å². The lowest BCUT2D eigenvalue weighted by molar-refractivity contribution is 0.516. The molecule has 0 radical (unpaired) electrons. The second kappa shape index (κ2) is 5.19. The Balaban J connectivity index is 3.39. The summed E-state index contributed by atoms with van der Waals surface area (Å²) in [6, 6.07) is 2.34. The largest absolute Gasteiger partial charge is 0.242 e. The van der Waals surface area contributed by atoms with Gasteiger partial charge in [0.05, 0.1) is 12.1 Å². The van der Waals surface area contributed by atoms with Crippen molar-refractivity contribution in [3.8, 4) is 0 Å². The Morgan fingerprint density at radius 1 is 1.30 bits per heavy atom. The van der Waals surface area contributed by atoms with Crippen molar-refractivity contribution < 1.29 is 0 Å². The van der Waals surface area contributed by atoms with E-state index in [-0.39, 0.29) is 6.04 Å². The van der Waals surface area contributed by atoms with Crippen LogP contribution in [0.2, 0.25) is 0 Å². The van der Waals surface area contributed by atoms with E-state index >= 15 is 0 Å². The Bertz CT molecular complexity index is 123. The molecule has 0 aliphatic rings. The summed E-state index contributed by atoms with van der Waals surface area (Å²) >= 11 is 0. The predicted molar refractivity (Wildman–Crippen MR) is 43.7 cm³/mol. The van der Waals surface area contributed by atoms with Crippen LogP contribution in [0.3, 0.4) is 0 Å². The van der Waals surface area contributed by atoms with Crippen molar-refractivity contribution >= 4 is 6.01 Å². The van der Waals surface area contributed by atoms with Gasteiger partial charge in [-0.05, 0) is 25.7 Å². The molecule has 0 spiro atoms. The van der Waals surface area contributed by atoms with Crippen LogP contribution in [0.5, 0.6) is 0 Å². The number of hydrogen-bond acceptors (Lipinski definition) is 2. The van der Waals surface area contributed by atoms with Gasteiger partial charge in [0.25, 0.3) is 0 Å². The van der Waals surface area contributed by atoms with Crippen molar-refractivity contribution in [3.63, 3.8) is 0 Å². The van der Waals surface area contributed by atoms with Crippen molar-refractivity contribution in [1.82, 2.24) is 0 Å². The molecule has 58 valence electrons. The molecule has 0 saturated heterocycles. The summed E-state index contributed by atoms with van der Waals surface area (Å²) in [7, 11) is 0. The molecule has 0 rings (SSSR count). The highest BCUT2D eigenvalue weighted by Gasteiger charge is 1.99. The molecular weight excluding hydrogens is 124 g/mol. The summed E-state index contributed by atoms with van der Waals surface area (Å²) in [4.78, 5) is 3.81. The molecule has 0 aromatic heterocycles. The Hall–Kier alpha value is -0.620. The first-order valence-corrected chi connectivity index (χ1v) is 3.78. The molecule has 2 heteroatoms. The van der Waals surface area contributed by atoms with E-state index in [1.807, 2.05) is 6.92 Å². The molecule has 2 nitrogen and oxygen atoms in total. The Morgan fingerprint density at radius 2 is 1.90 bits per heavy atom. The lowest BCUT2D eigenvalue weighted by Gasteiger charge is -2.05. The fraction of sp³-hybridized carbons (Fsp3) is 0.875. The SMILES string of the molecule is CC(C)CCC(C)N=C=N. The van der Waals surface area contributed by atoms with Crippen LogP contribution in [0.4, 0.5) is 0 Å². The number of rotatable bonds is 4. The van der Waals surface area contributed by atoms with Crippen LogP contribution in [0.1, 0.15) is 33.6 Å². The maximum absolute atomic E-state index is 6.60. The van der Waals surface area contributed by atoms with Gasteiger partial charge in [-0.25, -0.2) is 10.4 Å². The smallest absolute Gasteiger partial charge is 0.0864 e. The van der Waals surface area contributed by atoms with Gasteiger partial charge >= 0.3 is 0 Å². The van der Waals surface area contributed by atoms with Crippen LogP contribution >= 0.6 is 0 Å². The minimum Gasteiger partial charge on any atom is -0.242 e. The predicted octanol–water partition coefficient (Wildman–Crippen LogP) is 2.56. The molecule has 0 aliphatic carbocycles. The monoisotopic (exact) mass is 140 g/mol. The first-order chi connectivity index (χ1) is 4.66. The standard InChI is InChI=1S/C8H16N2/c1-7(2)4-5-8(3)10-6-9/h7-9H,4-5H2,1-3H3. The molecule has 0 aromatic carbocycles. The fourth-order valence-electron chi connectivity index (χ4n) is 0.749. The summed E-state index contributed by atoms with van der Waals surface area (Å²) in [6.45, 7) is 6.41. The first kappa shape index (κ1) is 9.38. The van der Waals surface area contributed by atoms with E-state index in [1.54, 1.807) is 0 Å². The first-order valence-electron chi connectivity index (χ1n) is 3.78. The van der Waals surface area contributed by atoms with E-state index in [4.69, 9.17) is 5.41 Å². The topological polar surface area (TPSA) is 36.2 Å².